The van der Waals surface area contributed by atoms with Gasteiger partial charge in [0, 0.05) is 18.5 Å². The zero-order valence-corrected chi connectivity index (χ0v) is 20.9. The number of carbonyl (C=O) groups is 1. The molecule has 1 aliphatic rings. The van der Waals surface area contributed by atoms with Gasteiger partial charge < -0.3 is 25.7 Å². The molecule has 37 heavy (non-hydrogen) atoms. The fraction of sp³-hybridized carbons (Fsp3) is 0.310. The van der Waals surface area contributed by atoms with Crippen LogP contribution in [-0.4, -0.2) is 67.1 Å². The molecule has 0 saturated carbocycles. The summed E-state index contributed by atoms with van der Waals surface area (Å²) in [4.78, 5) is 17.5. The molecule has 5 N–H and O–H groups in total. The molecule has 4 aromatic rings. The molecule has 8 nitrogen and oxygen atoms in total. The minimum Gasteiger partial charge on any atom is -0.388 e. The number of carbonyl (C=O) groups excluding carboxylic acids is 1. The second-order valence-electron chi connectivity index (χ2n) is 9.68. The predicted octanol–water partition coefficient (Wildman–Crippen LogP) is 3.35. The third-order valence-corrected chi connectivity index (χ3v) is 7.36. The Bertz CT molecular complexity index is 1340. The summed E-state index contributed by atoms with van der Waals surface area (Å²) in [6, 6.07) is 23.9. The Morgan fingerprint density at radius 2 is 1.41 bits per heavy atom. The number of aromatic amines is 1. The molecule has 0 aliphatic carbocycles. The van der Waals surface area contributed by atoms with Crippen LogP contribution in [0.15, 0.2) is 78.9 Å². The lowest BCUT2D eigenvalue weighted by molar-refractivity contribution is -0.0398. The Morgan fingerprint density at radius 1 is 0.838 bits per heavy atom. The topological polar surface area (TPSA) is 119 Å². The zero-order chi connectivity index (χ0) is 25.9. The first-order valence-electron chi connectivity index (χ1n) is 12.7. The van der Waals surface area contributed by atoms with Gasteiger partial charge in [-0.3, -0.25) is 5.10 Å². The summed E-state index contributed by atoms with van der Waals surface area (Å²) in [5, 5.41) is 30.8. The minimum atomic E-state index is -1.14. The van der Waals surface area contributed by atoms with E-state index in [1.165, 1.54) is 0 Å². The summed E-state index contributed by atoms with van der Waals surface area (Å²) < 4.78 is 0. The Morgan fingerprint density at radius 3 is 1.97 bits per heavy atom. The molecule has 0 unspecified atom stereocenters. The number of nitrogens with one attached hydrogen (secondary N) is 1. The van der Waals surface area contributed by atoms with Gasteiger partial charge in [-0.1, -0.05) is 66.7 Å². The van der Waals surface area contributed by atoms with Crippen molar-refractivity contribution in [2.75, 3.05) is 12.3 Å². The first kappa shape index (κ1) is 24.8. The van der Waals surface area contributed by atoms with E-state index in [1.807, 2.05) is 85.8 Å². The van der Waals surface area contributed by atoms with Crippen LogP contribution in [0, 0.1) is 0 Å². The number of hydrogen-bond donors (Lipinski definition) is 4. The first-order valence-corrected chi connectivity index (χ1v) is 12.7. The summed E-state index contributed by atoms with van der Waals surface area (Å²) in [5.41, 5.74) is 9.70. The van der Waals surface area contributed by atoms with Gasteiger partial charge in [0.05, 0.1) is 17.6 Å². The van der Waals surface area contributed by atoms with E-state index in [9.17, 15) is 15.0 Å². The lowest BCUT2D eigenvalue weighted by Gasteiger charge is -2.35. The van der Waals surface area contributed by atoms with Gasteiger partial charge in [-0.15, -0.1) is 0 Å². The number of fused-ring (bicyclic) bond motifs is 1. The lowest BCUT2D eigenvalue weighted by Crippen LogP contribution is -2.50. The van der Waals surface area contributed by atoms with Crippen molar-refractivity contribution in [1.82, 2.24) is 20.0 Å². The molecule has 0 spiro atoms. The van der Waals surface area contributed by atoms with E-state index < -0.39 is 24.3 Å². The van der Waals surface area contributed by atoms with Crippen molar-refractivity contribution in [3.8, 4) is 0 Å². The van der Waals surface area contributed by atoms with Crippen molar-refractivity contribution >= 4 is 22.8 Å². The van der Waals surface area contributed by atoms with Crippen molar-refractivity contribution in [2.45, 2.75) is 50.6 Å². The molecule has 3 aromatic carbocycles. The molecule has 5 rings (SSSR count). The molecular weight excluding hydrogens is 466 g/mol. The van der Waals surface area contributed by atoms with E-state index in [0.717, 1.165) is 27.6 Å². The number of H-pyrrole nitrogens is 1. The van der Waals surface area contributed by atoms with E-state index in [4.69, 9.17) is 5.73 Å². The number of urea groups is 1. The highest BCUT2D eigenvalue weighted by molar-refractivity contribution is 5.89. The maximum atomic E-state index is 14.1. The molecule has 4 atom stereocenters. The maximum absolute atomic E-state index is 14.1. The fourth-order valence-corrected chi connectivity index (χ4v) is 5.38. The van der Waals surface area contributed by atoms with E-state index >= 15 is 0 Å². The standard InChI is InChI=1S/C29H33N5O3/c1-2-33-24(16-19-9-5-3-6-10-19)26(35)27(36)25(17-20-11-7-4-8-12-20)34(29(33)37)18-21-13-14-23-22(15-21)28(30)32-31-23/h3-15,24-27,35-36H,2,16-18H2,1H3,(H3,30,31,32)/t24-,25-,26+,27+/m1/s1. The molecule has 192 valence electrons. The second kappa shape index (κ2) is 10.6. The molecule has 2 heterocycles. The van der Waals surface area contributed by atoms with Gasteiger partial charge in [-0.25, -0.2) is 4.79 Å². The van der Waals surface area contributed by atoms with Crippen LogP contribution < -0.4 is 5.73 Å². The molecule has 1 fully saturated rings. The average Bonchev–Trinajstić information content (AvgIpc) is 3.28. The predicted molar refractivity (Wildman–Crippen MR) is 144 cm³/mol. The van der Waals surface area contributed by atoms with E-state index in [0.29, 0.717) is 25.2 Å². The van der Waals surface area contributed by atoms with Gasteiger partial charge in [0.25, 0.3) is 0 Å². The number of amides is 2. The number of hydrogen-bond acceptors (Lipinski definition) is 5. The van der Waals surface area contributed by atoms with E-state index in [1.54, 1.807) is 9.80 Å². The third kappa shape index (κ3) is 5.03. The monoisotopic (exact) mass is 499 g/mol. The number of nitrogens with zero attached hydrogens (tertiary/aromatic N) is 3. The molecule has 1 aliphatic heterocycles. The third-order valence-electron chi connectivity index (χ3n) is 7.36. The van der Waals surface area contributed by atoms with Crippen LogP contribution in [0.3, 0.4) is 0 Å². The van der Waals surface area contributed by atoms with Crippen molar-refractivity contribution < 1.29 is 15.0 Å². The number of benzene rings is 3. The van der Waals surface area contributed by atoms with Crippen LogP contribution in [0.5, 0.6) is 0 Å². The van der Waals surface area contributed by atoms with Gasteiger partial charge in [0.15, 0.2) is 5.82 Å². The normalized spacial score (nSPS) is 22.4. The van der Waals surface area contributed by atoms with Gasteiger partial charge in [0.2, 0.25) is 0 Å². The van der Waals surface area contributed by atoms with Gasteiger partial charge >= 0.3 is 6.03 Å². The smallest absolute Gasteiger partial charge is 0.321 e. The van der Waals surface area contributed by atoms with Gasteiger partial charge in [-0.05, 0) is 48.6 Å². The zero-order valence-electron chi connectivity index (χ0n) is 20.9. The van der Waals surface area contributed by atoms with Crippen LogP contribution in [0.1, 0.15) is 23.6 Å². The Kier molecular flexibility index (Phi) is 7.12. The van der Waals surface area contributed by atoms with Crippen molar-refractivity contribution in [3.05, 3.63) is 95.6 Å². The highest BCUT2D eigenvalue weighted by Crippen LogP contribution is 2.29. The summed E-state index contributed by atoms with van der Waals surface area (Å²) in [6.45, 7) is 2.57. The van der Waals surface area contributed by atoms with Crippen molar-refractivity contribution in [2.24, 2.45) is 0 Å². The van der Waals surface area contributed by atoms with Gasteiger partial charge in [-0.2, -0.15) is 5.10 Å². The number of aromatic nitrogens is 2. The number of nitrogens with two attached hydrogens (primary N) is 1. The SMILES string of the molecule is CCN1C(=O)N(Cc2ccc3[nH]nc(N)c3c2)[C@H](Cc2ccccc2)[C@H](O)[C@@H](O)[C@H]1Cc1ccccc1. The molecule has 0 bridgehead atoms. The van der Waals surface area contributed by atoms with Crippen LogP contribution in [0.2, 0.25) is 0 Å². The maximum Gasteiger partial charge on any atom is 0.321 e. The lowest BCUT2D eigenvalue weighted by atomic mass is 9.91. The quantitative estimate of drug-likeness (QED) is 0.311. The fourth-order valence-electron chi connectivity index (χ4n) is 5.38. The number of nitrogen functional groups attached to an aromatic ring is 1. The Balaban J connectivity index is 1.54. The molecule has 1 aromatic heterocycles. The number of rotatable bonds is 7. The van der Waals surface area contributed by atoms with Crippen molar-refractivity contribution in [1.29, 1.82) is 0 Å². The Hall–Kier alpha value is -3.88. The Labute approximate surface area is 216 Å². The van der Waals surface area contributed by atoms with E-state index in [2.05, 4.69) is 10.2 Å². The summed E-state index contributed by atoms with van der Waals surface area (Å²) in [6.07, 6.45) is -1.40. The summed E-state index contributed by atoms with van der Waals surface area (Å²) in [7, 11) is 0. The number of likely N-dealkylation sites (N-methyl/N-ethyl adjacent to an activating group) is 1. The van der Waals surface area contributed by atoms with Crippen molar-refractivity contribution in [3.63, 3.8) is 0 Å². The molecule has 0 radical (unpaired) electrons. The number of aliphatic hydroxyl groups excluding tert-OH is 2. The highest BCUT2D eigenvalue weighted by Gasteiger charge is 2.45. The van der Waals surface area contributed by atoms with Crippen LogP contribution in [0.25, 0.3) is 10.9 Å². The largest absolute Gasteiger partial charge is 0.388 e. The number of aliphatic hydroxyl groups is 2. The number of anilines is 1. The average molecular weight is 500 g/mol. The summed E-state index contributed by atoms with van der Waals surface area (Å²) >= 11 is 0. The van der Waals surface area contributed by atoms with Gasteiger partial charge in [0.1, 0.15) is 12.2 Å². The second-order valence-corrected chi connectivity index (χ2v) is 9.68. The van der Waals surface area contributed by atoms with Crippen LogP contribution in [0.4, 0.5) is 10.6 Å². The summed E-state index contributed by atoms with van der Waals surface area (Å²) in [5.74, 6) is 0.397. The minimum absolute atomic E-state index is 0.208. The molecule has 2 amide bonds. The van der Waals surface area contributed by atoms with Crippen LogP contribution in [-0.2, 0) is 19.4 Å². The molecular formula is C29H33N5O3. The first-order chi connectivity index (χ1) is 18.0. The molecule has 8 heteroatoms. The van der Waals surface area contributed by atoms with E-state index in [-0.39, 0.29) is 12.6 Å². The van der Waals surface area contributed by atoms with Crippen LogP contribution >= 0.6 is 0 Å². The molecule has 1 saturated heterocycles. The highest BCUT2D eigenvalue weighted by atomic mass is 16.3.